The van der Waals surface area contributed by atoms with E-state index in [0.29, 0.717) is 25.3 Å². The highest BCUT2D eigenvalue weighted by Crippen LogP contribution is 2.17. The predicted octanol–water partition coefficient (Wildman–Crippen LogP) is 1.46. The lowest BCUT2D eigenvalue weighted by atomic mass is 10.2. The first kappa shape index (κ1) is 18.3. The highest BCUT2D eigenvalue weighted by molar-refractivity contribution is 5.88. The minimum absolute atomic E-state index is 0.149. The van der Waals surface area contributed by atoms with Gasteiger partial charge in [0.05, 0.1) is 24.1 Å². The highest BCUT2D eigenvalue weighted by Gasteiger charge is 2.23. The molecule has 2 N–H and O–H groups in total. The SMILES string of the molecule is CCOC(=O)c1[nH]c(=O)[nH]c1CN(Cc1ccccn1)C[C@@H]1CCCO1. The van der Waals surface area contributed by atoms with Gasteiger partial charge in [-0.15, -0.1) is 0 Å². The lowest BCUT2D eigenvalue weighted by molar-refractivity contribution is 0.0513. The lowest BCUT2D eigenvalue weighted by Crippen LogP contribution is -2.32. The fraction of sp³-hybridized carbons (Fsp3) is 0.500. The number of carbonyl (C=O) groups is 1. The van der Waals surface area contributed by atoms with Crippen molar-refractivity contribution in [1.82, 2.24) is 19.9 Å². The van der Waals surface area contributed by atoms with E-state index < -0.39 is 11.7 Å². The number of aromatic amines is 2. The Balaban J connectivity index is 1.78. The van der Waals surface area contributed by atoms with Crippen LogP contribution in [0.3, 0.4) is 0 Å². The summed E-state index contributed by atoms with van der Waals surface area (Å²) in [7, 11) is 0. The Hall–Kier alpha value is -2.45. The summed E-state index contributed by atoms with van der Waals surface area (Å²) >= 11 is 0. The third-order valence-corrected chi connectivity index (χ3v) is 4.26. The molecule has 2 aromatic rings. The second-order valence-corrected chi connectivity index (χ2v) is 6.28. The Kier molecular flexibility index (Phi) is 6.19. The number of esters is 1. The van der Waals surface area contributed by atoms with Crippen LogP contribution in [0.25, 0.3) is 0 Å². The van der Waals surface area contributed by atoms with Gasteiger partial charge in [0.1, 0.15) is 5.69 Å². The zero-order chi connectivity index (χ0) is 18.4. The number of ether oxygens (including phenoxy) is 2. The van der Waals surface area contributed by atoms with E-state index in [-0.39, 0.29) is 18.4 Å². The van der Waals surface area contributed by atoms with Crippen LogP contribution in [0.1, 0.15) is 41.6 Å². The van der Waals surface area contributed by atoms with E-state index in [0.717, 1.165) is 25.1 Å². The maximum Gasteiger partial charge on any atom is 0.356 e. The van der Waals surface area contributed by atoms with E-state index in [1.165, 1.54) is 0 Å². The number of imidazole rings is 1. The van der Waals surface area contributed by atoms with Gasteiger partial charge < -0.3 is 14.5 Å². The second kappa shape index (κ2) is 8.77. The number of hydrogen-bond donors (Lipinski definition) is 2. The van der Waals surface area contributed by atoms with Gasteiger partial charge in [-0.25, -0.2) is 9.59 Å². The van der Waals surface area contributed by atoms with E-state index >= 15 is 0 Å². The zero-order valence-corrected chi connectivity index (χ0v) is 14.9. The van der Waals surface area contributed by atoms with Crippen molar-refractivity contribution in [3.05, 3.63) is 52.0 Å². The van der Waals surface area contributed by atoms with E-state index in [2.05, 4.69) is 19.9 Å². The zero-order valence-electron chi connectivity index (χ0n) is 14.9. The molecule has 0 aromatic carbocycles. The van der Waals surface area contributed by atoms with Crippen molar-refractivity contribution >= 4 is 5.97 Å². The topological polar surface area (TPSA) is 100 Å². The average Bonchev–Trinajstić information content (AvgIpc) is 3.25. The number of hydrogen-bond acceptors (Lipinski definition) is 6. The number of aromatic nitrogens is 3. The Morgan fingerprint density at radius 2 is 2.27 bits per heavy atom. The van der Waals surface area contributed by atoms with Gasteiger partial charge in [-0.3, -0.25) is 14.9 Å². The molecular weight excluding hydrogens is 336 g/mol. The molecule has 0 saturated carbocycles. The van der Waals surface area contributed by atoms with Crippen molar-refractivity contribution in [2.45, 2.75) is 39.0 Å². The average molecular weight is 360 g/mol. The fourth-order valence-corrected chi connectivity index (χ4v) is 3.12. The molecule has 3 rings (SSSR count). The highest BCUT2D eigenvalue weighted by atomic mass is 16.5. The van der Waals surface area contributed by atoms with Crippen molar-refractivity contribution in [2.75, 3.05) is 19.8 Å². The van der Waals surface area contributed by atoms with Gasteiger partial charge in [0, 0.05) is 32.4 Å². The predicted molar refractivity (Wildman–Crippen MR) is 94.7 cm³/mol. The van der Waals surface area contributed by atoms with Crippen molar-refractivity contribution in [1.29, 1.82) is 0 Å². The van der Waals surface area contributed by atoms with Crippen LogP contribution in [0.5, 0.6) is 0 Å². The number of H-pyrrole nitrogens is 2. The van der Waals surface area contributed by atoms with Crippen LogP contribution in [-0.4, -0.2) is 51.7 Å². The lowest BCUT2D eigenvalue weighted by Gasteiger charge is -2.24. The summed E-state index contributed by atoms with van der Waals surface area (Å²) in [4.78, 5) is 35.6. The third kappa shape index (κ3) is 4.80. The minimum atomic E-state index is -0.532. The van der Waals surface area contributed by atoms with Crippen LogP contribution in [0.4, 0.5) is 0 Å². The smallest absolute Gasteiger partial charge is 0.356 e. The van der Waals surface area contributed by atoms with Gasteiger partial charge in [0.15, 0.2) is 0 Å². The molecule has 3 heterocycles. The summed E-state index contributed by atoms with van der Waals surface area (Å²) in [5.41, 5.74) is 1.19. The largest absolute Gasteiger partial charge is 0.461 e. The Morgan fingerprint density at radius 1 is 1.38 bits per heavy atom. The van der Waals surface area contributed by atoms with Crippen molar-refractivity contribution in [2.24, 2.45) is 0 Å². The molecule has 1 atom stereocenters. The minimum Gasteiger partial charge on any atom is -0.461 e. The molecule has 26 heavy (non-hydrogen) atoms. The summed E-state index contributed by atoms with van der Waals surface area (Å²) < 4.78 is 10.8. The van der Waals surface area contributed by atoms with Crippen molar-refractivity contribution < 1.29 is 14.3 Å². The molecule has 8 nitrogen and oxygen atoms in total. The molecule has 0 unspecified atom stereocenters. The van der Waals surface area contributed by atoms with Crippen LogP contribution < -0.4 is 5.69 Å². The Morgan fingerprint density at radius 3 is 2.96 bits per heavy atom. The number of rotatable bonds is 8. The summed E-state index contributed by atoms with van der Waals surface area (Å²) in [6, 6.07) is 5.76. The molecule has 8 heteroatoms. The summed E-state index contributed by atoms with van der Waals surface area (Å²) in [5, 5.41) is 0. The number of nitrogens with one attached hydrogen (secondary N) is 2. The first-order valence-corrected chi connectivity index (χ1v) is 8.88. The van der Waals surface area contributed by atoms with E-state index in [1.807, 2.05) is 18.2 Å². The van der Waals surface area contributed by atoms with E-state index in [9.17, 15) is 9.59 Å². The molecule has 2 aromatic heterocycles. The van der Waals surface area contributed by atoms with Gasteiger partial charge >= 0.3 is 11.7 Å². The maximum absolute atomic E-state index is 12.1. The van der Waals surface area contributed by atoms with Gasteiger partial charge in [-0.05, 0) is 31.9 Å². The quantitative estimate of drug-likeness (QED) is 0.691. The van der Waals surface area contributed by atoms with Gasteiger partial charge in [-0.2, -0.15) is 0 Å². The van der Waals surface area contributed by atoms with Crippen LogP contribution in [-0.2, 0) is 22.6 Å². The summed E-state index contributed by atoms with van der Waals surface area (Å²) in [5.74, 6) is -0.532. The van der Waals surface area contributed by atoms with Gasteiger partial charge in [-0.1, -0.05) is 6.07 Å². The van der Waals surface area contributed by atoms with Crippen LogP contribution in [0.2, 0.25) is 0 Å². The van der Waals surface area contributed by atoms with Crippen LogP contribution >= 0.6 is 0 Å². The molecule has 0 radical (unpaired) electrons. The summed E-state index contributed by atoms with van der Waals surface area (Å²) in [6.07, 6.45) is 3.96. The third-order valence-electron chi connectivity index (χ3n) is 4.26. The second-order valence-electron chi connectivity index (χ2n) is 6.28. The monoisotopic (exact) mass is 360 g/mol. The first-order valence-electron chi connectivity index (χ1n) is 8.88. The van der Waals surface area contributed by atoms with Crippen molar-refractivity contribution in [3.63, 3.8) is 0 Å². The molecule has 0 spiro atoms. The number of carbonyl (C=O) groups excluding carboxylic acids is 1. The van der Waals surface area contributed by atoms with E-state index in [4.69, 9.17) is 9.47 Å². The Labute approximate surface area is 151 Å². The molecule has 1 saturated heterocycles. The fourth-order valence-electron chi connectivity index (χ4n) is 3.12. The maximum atomic E-state index is 12.1. The molecule has 1 aliphatic heterocycles. The van der Waals surface area contributed by atoms with Crippen LogP contribution in [0.15, 0.2) is 29.2 Å². The Bertz CT molecular complexity index is 765. The summed E-state index contributed by atoms with van der Waals surface area (Å²) in [6.45, 7) is 4.44. The molecule has 1 fully saturated rings. The van der Waals surface area contributed by atoms with Crippen molar-refractivity contribution in [3.8, 4) is 0 Å². The first-order chi connectivity index (χ1) is 12.7. The molecule has 140 valence electrons. The number of pyridine rings is 1. The molecule has 0 bridgehead atoms. The normalized spacial score (nSPS) is 16.9. The molecule has 1 aliphatic rings. The molecule has 0 amide bonds. The number of nitrogens with zero attached hydrogens (tertiary/aromatic N) is 2. The van der Waals surface area contributed by atoms with Gasteiger partial charge in [0.25, 0.3) is 0 Å². The molecular formula is C18H24N4O4. The van der Waals surface area contributed by atoms with Crippen LogP contribution in [0, 0.1) is 0 Å². The standard InChI is InChI=1S/C18H24N4O4/c1-2-25-17(23)16-15(20-18(24)21-16)12-22(11-14-7-5-9-26-14)10-13-6-3-4-8-19-13/h3-4,6,8,14H,2,5,7,9-12H2,1H3,(H2,20,21,24)/t14-/m0/s1. The van der Waals surface area contributed by atoms with Gasteiger partial charge in [0.2, 0.25) is 0 Å². The van der Waals surface area contributed by atoms with E-state index in [1.54, 1.807) is 13.1 Å². The molecule has 0 aliphatic carbocycles.